The van der Waals surface area contributed by atoms with Crippen molar-refractivity contribution in [1.82, 2.24) is 0 Å². The van der Waals surface area contributed by atoms with Gasteiger partial charge >= 0.3 is 0 Å². The van der Waals surface area contributed by atoms with E-state index in [4.69, 9.17) is 0 Å². The Balaban J connectivity index is 1.36. The van der Waals surface area contributed by atoms with Crippen LogP contribution in [0.15, 0.2) is 24.8 Å². The summed E-state index contributed by atoms with van der Waals surface area (Å²) >= 11 is 0. The molecule has 3 aliphatic carbocycles. The van der Waals surface area contributed by atoms with Crippen LogP contribution < -0.4 is 0 Å². The number of rotatable bonds is 6. The zero-order chi connectivity index (χ0) is 16.8. The molecule has 0 aromatic carbocycles. The molecule has 3 rings (SSSR count). The van der Waals surface area contributed by atoms with Crippen LogP contribution in [0.2, 0.25) is 0 Å². The fraction of sp³-hybridized carbons (Fsp3) is 0.833. The first-order chi connectivity index (χ1) is 11.8. The van der Waals surface area contributed by atoms with Crippen LogP contribution in [0.1, 0.15) is 90.4 Å². The molecule has 0 aromatic heterocycles. The summed E-state index contributed by atoms with van der Waals surface area (Å²) in [5.74, 6) is 5.78. The maximum atomic E-state index is 3.97. The molecular formula is C24H40. The van der Waals surface area contributed by atoms with Gasteiger partial charge in [-0.05, 0) is 99.7 Å². The molecule has 0 radical (unpaired) electrons. The molecule has 0 spiro atoms. The van der Waals surface area contributed by atoms with Crippen LogP contribution in [0.25, 0.3) is 0 Å². The highest BCUT2D eigenvalue weighted by atomic mass is 14.4. The second-order valence-corrected chi connectivity index (χ2v) is 9.20. The lowest BCUT2D eigenvalue weighted by Gasteiger charge is -2.31. The molecule has 0 heteroatoms. The minimum absolute atomic E-state index is 0.799. The predicted molar refractivity (Wildman–Crippen MR) is 106 cm³/mol. The van der Waals surface area contributed by atoms with Crippen molar-refractivity contribution in [2.24, 2.45) is 35.5 Å². The number of hydrogen-bond donors (Lipinski definition) is 0. The van der Waals surface area contributed by atoms with Crippen LogP contribution in [-0.2, 0) is 0 Å². The highest BCUT2D eigenvalue weighted by molar-refractivity contribution is 4.98. The first kappa shape index (κ1) is 18.3. The van der Waals surface area contributed by atoms with Crippen molar-refractivity contribution in [2.45, 2.75) is 90.4 Å². The SMILES string of the molecule is C=CC1CCC(/C=C/C2CCC(C3CCC(CCC)C3)CC2)CC1. The topological polar surface area (TPSA) is 0 Å². The van der Waals surface area contributed by atoms with Crippen LogP contribution in [0.5, 0.6) is 0 Å². The Kier molecular flexibility index (Phi) is 7.05. The molecule has 3 saturated carbocycles. The van der Waals surface area contributed by atoms with Crippen molar-refractivity contribution in [3.8, 4) is 0 Å². The van der Waals surface area contributed by atoms with Crippen molar-refractivity contribution in [3.05, 3.63) is 24.8 Å². The lowest BCUT2D eigenvalue weighted by molar-refractivity contribution is 0.220. The second kappa shape index (κ2) is 9.25. The summed E-state index contributed by atoms with van der Waals surface area (Å²) in [6.45, 7) is 6.32. The van der Waals surface area contributed by atoms with Crippen LogP contribution in [0.3, 0.4) is 0 Å². The van der Waals surface area contributed by atoms with Gasteiger partial charge in [0.15, 0.2) is 0 Å². The minimum atomic E-state index is 0.799. The smallest absolute Gasteiger partial charge is 0.0233 e. The second-order valence-electron chi connectivity index (χ2n) is 9.20. The third-order valence-electron chi connectivity index (χ3n) is 7.57. The monoisotopic (exact) mass is 328 g/mol. The molecule has 2 unspecified atom stereocenters. The van der Waals surface area contributed by atoms with Gasteiger partial charge in [0, 0.05) is 0 Å². The van der Waals surface area contributed by atoms with Crippen molar-refractivity contribution in [2.75, 3.05) is 0 Å². The Morgan fingerprint density at radius 1 is 0.708 bits per heavy atom. The highest BCUT2D eigenvalue weighted by Gasteiger charge is 2.32. The van der Waals surface area contributed by atoms with E-state index in [9.17, 15) is 0 Å². The summed E-state index contributed by atoms with van der Waals surface area (Å²) in [4.78, 5) is 0. The van der Waals surface area contributed by atoms with Crippen molar-refractivity contribution in [1.29, 1.82) is 0 Å². The maximum absolute atomic E-state index is 3.97. The molecule has 0 saturated heterocycles. The summed E-state index contributed by atoms with van der Waals surface area (Å²) in [5.41, 5.74) is 0. The molecule has 0 N–H and O–H groups in total. The summed E-state index contributed by atoms with van der Waals surface area (Å²) < 4.78 is 0. The molecule has 3 fully saturated rings. The van der Waals surface area contributed by atoms with Crippen LogP contribution in [0.4, 0.5) is 0 Å². The van der Waals surface area contributed by atoms with Gasteiger partial charge in [-0.1, -0.05) is 44.4 Å². The Morgan fingerprint density at radius 3 is 1.83 bits per heavy atom. The van der Waals surface area contributed by atoms with Crippen molar-refractivity contribution < 1.29 is 0 Å². The Labute approximate surface area is 151 Å². The molecule has 0 nitrogen and oxygen atoms in total. The molecule has 0 aromatic rings. The fourth-order valence-corrected chi connectivity index (χ4v) is 5.91. The van der Waals surface area contributed by atoms with Gasteiger partial charge in [-0.2, -0.15) is 0 Å². The average molecular weight is 329 g/mol. The van der Waals surface area contributed by atoms with Gasteiger partial charge in [0.25, 0.3) is 0 Å². The zero-order valence-corrected chi connectivity index (χ0v) is 16.1. The van der Waals surface area contributed by atoms with E-state index >= 15 is 0 Å². The van der Waals surface area contributed by atoms with E-state index in [1.54, 1.807) is 12.8 Å². The number of hydrogen-bond acceptors (Lipinski definition) is 0. The highest BCUT2D eigenvalue weighted by Crippen LogP contribution is 2.44. The Hall–Kier alpha value is -0.520. The molecule has 24 heavy (non-hydrogen) atoms. The van der Waals surface area contributed by atoms with E-state index in [1.807, 2.05) is 0 Å². The maximum Gasteiger partial charge on any atom is -0.0233 e. The van der Waals surface area contributed by atoms with Gasteiger partial charge in [-0.15, -0.1) is 6.58 Å². The number of allylic oxidation sites excluding steroid dienone is 3. The largest absolute Gasteiger partial charge is 0.103 e. The minimum Gasteiger partial charge on any atom is -0.103 e. The first-order valence-corrected chi connectivity index (χ1v) is 11.1. The van der Waals surface area contributed by atoms with Gasteiger partial charge in [0.1, 0.15) is 0 Å². The third kappa shape index (κ3) is 4.99. The zero-order valence-electron chi connectivity index (χ0n) is 16.1. The molecule has 0 bridgehead atoms. The lowest BCUT2D eigenvalue weighted by Crippen LogP contribution is -2.20. The molecular weight excluding hydrogens is 288 g/mol. The van der Waals surface area contributed by atoms with E-state index < -0.39 is 0 Å². The van der Waals surface area contributed by atoms with E-state index in [2.05, 4.69) is 31.7 Å². The molecule has 0 aliphatic heterocycles. The van der Waals surface area contributed by atoms with Gasteiger partial charge in [0.2, 0.25) is 0 Å². The summed E-state index contributed by atoms with van der Waals surface area (Å²) in [6.07, 6.45) is 26.4. The van der Waals surface area contributed by atoms with Gasteiger partial charge in [-0.3, -0.25) is 0 Å². The van der Waals surface area contributed by atoms with Crippen LogP contribution in [-0.4, -0.2) is 0 Å². The Morgan fingerprint density at radius 2 is 1.25 bits per heavy atom. The van der Waals surface area contributed by atoms with Gasteiger partial charge in [-0.25, -0.2) is 0 Å². The average Bonchev–Trinajstić information content (AvgIpc) is 3.10. The summed E-state index contributed by atoms with van der Waals surface area (Å²) in [7, 11) is 0. The van der Waals surface area contributed by atoms with E-state index in [0.717, 1.165) is 35.5 Å². The summed E-state index contributed by atoms with van der Waals surface area (Å²) in [6, 6.07) is 0. The molecule has 136 valence electrons. The predicted octanol–water partition coefficient (Wildman–Crippen LogP) is 7.56. The fourth-order valence-electron chi connectivity index (χ4n) is 5.91. The quantitative estimate of drug-likeness (QED) is 0.441. The van der Waals surface area contributed by atoms with Crippen molar-refractivity contribution >= 4 is 0 Å². The van der Waals surface area contributed by atoms with Gasteiger partial charge < -0.3 is 0 Å². The molecule has 0 heterocycles. The van der Waals surface area contributed by atoms with Gasteiger partial charge in [0.05, 0.1) is 0 Å². The van der Waals surface area contributed by atoms with E-state index in [1.165, 1.54) is 70.6 Å². The van der Waals surface area contributed by atoms with Crippen LogP contribution in [0, 0.1) is 35.5 Å². The standard InChI is InChI=1S/C24H40/c1-3-5-22-14-17-24(18-22)23-15-12-21(13-16-23)11-10-20-8-6-19(4-2)7-9-20/h4,10-11,19-24H,2-3,5-9,12-18H2,1H3/b11-10+. The first-order valence-electron chi connectivity index (χ1n) is 11.1. The van der Waals surface area contributed by atoms with Crippen LogP contribution >= 0.6 is 0 Å². The third-order valence-corrected chi connectivity index (χ3v) is 7.57. The summed E-state index contributed by atoms with van der Waals surface area (Å²) in [5, 5.41) is 0. The molecule has 3 aliphatic rings. The lowest BCUT2D eigenvalue weighted by atomic mass is 9.74. The Bertz CT molecular complexity index is 390. The molecule has 0 amide bonds. The van der Waals surface area contributed by atoms with E-state index in [-0.39, 0.29) is 0 Å². The van der Waals surface area contributed by atoms with Crippen molar-refractivity contribution in [3.63, 3.8) is 0 Å². The van der Waals surface area contributed by atoms with E-state index in [0.29, 0.717) is 0 Å². The normalized spacial score (nSPS) is 40.9. The molecule has 2 atom stereocenters.